The van der Waals surface area contributed by atoms with Crippen LogP contribution in [0.1, 0.15) is 0 Å². The van der Waals surface area contributed by atoms with Gasteiger partial charge in [-0.3, -0.25) is 0 Å². The van der Waals surface area contributed by atoms with Crippen LogP contribution in [0.15, 0.2) is 91.0 Å². The molecular weight excluding hydrogens is 352 g/mol. The predicted octanol–water partition coefficient (Wildman–Crippen LogP) is 6.69. The number of nitrogens with zero attached hydrogens (tertiary/aromatic N) is 1. The van der Waals surface area contributed by atoms with Crippen molar-refractivity contribution in [3.63, 3.8) is 0 Å². The Morgan fingerprint density at radius 3 is 2.22 bits per heavy atom. The lowest BCUT2D eigenvalue weighted by atomic mass is 9.98. The van der Waals surface area contributed by atoms with Crippen LogP contribution in [-0.2, 0) is 0 Å². The zero-order valence-corrected chi connectivity index (χ0v) is 15.3. The van der Waals surface area contributed by atoms with E-state index in [0.717, 1.165) is 49.3 Å². The maximum Gasteiger partial charge on any atom is 0.0547 e. The second kappa shape index (κ2) is 6.19. The molecule has 0 aliphatic carbocycles. The minimum Gasteiger partial charge on any atom is -0.398 e. The highest BCUT2D eigenvalue weighted by atomic mass is 35.5. The molecule has 0 radical (unpaired) electrons. The molecule has 5 aromatic rings. The number of halogens is 1. The van der Waals surface area contributed by atoms with Gasteiger partial charge in [0.2, 0.25) is 0 Å². The number of nitrogen functional groups attached to an aromatic ring is 1. The van der Waals surface area contributed by atoms with Crippen LogP contribution in [0.25, 0.3) is 38.6 Å². The van der Waals surface area contributed by atoms with E-state index >= 15 is 0 Å². The van der Waals surface area contributed by atoms with Crippen LogP contribution in [0.3, 0.4) is 0 Å². The molecule has 0 saturated carbocycles. The molecule has 5 rings (SSSR count). The molecule has 27 heavy (non-hydrogen) atoms. The van der Waals surface area contributed by atoms with Gasteiger partial charge in [0.05, 0.1) is 11.0 Å². The van der Waals surface area contributed by atoms with E-state index in [2.05, 4.69) is 59.2 Å². The van der Waals surface area contributed by atoms with Crippen LogP contribution in [0.2, 0.25) is 5.02 Å². The van der Waals surface area contributed by atoms with E-state index in [1.807, 2.05) is 36.4 Å². The number of anilines is 1. The van der Waals surface area contributed by atoms with Gasteiger partial charge in [0.15, 0.2) is 0 Å². The number of para-hydroxylation sites is 2. The Hall–Kier alpha value is -3.23. The quantitative estimate of drug-likeness (QED) is 0.346. The summed E-state index contributed by atoms with van der Waals surface area (Å²) in [6.45, 7) is 0. The maximum atomic E-state index is 6.37. The Morgan fingerprint density at radius 2 is 1.41 bits per heavy atom. The average molecular weight is 369 g/mol. The van der Waals surface area contributed by atoms with E-state index in [1.165, 1.54) is 0 Å². The molecule has 4 aromatic carbocycles. The van der Waals surface area contributed by atoms with Crippen molar-refractivity contribution < 1.29 is 0 Å². The summed E-state index contributed by atoms with van der Waals surface area (Å²) in [4.78, 5) is 0. The molecule has 2 nitrogen and oxygen atoms in total. The second-order valence-electron chi connectivity index (χ2n) is 6.62. The SMILES string of the molecule is Nc1ccccc1-c1cccc2c1c1cc(Cl)ccc1n2-c1ccccc1. The van der Waals surface area contributed by atoms with Gasteiger partial charge in [0, 0.05) is 32.7 Å². The van der Waals surface area contributed by atoms with Crippen molar-refractivity contribution in [2.24, 2.45) is 0 Å². The lowest BCUT2D eigenvalue weighted by molar-refractivity contribution is 1.18. The van der Waals surface area contributed by atoms with Gasteiger partial charge in [-0.05, 0) is 48.0 Å². The standard InChI is InChI=1S/C24H17ClN2/c25-16-13-14-22-20(15-16)24-19(18-9-4-5-11-21(18)26)10-6-12-23(24)27(22)17-7-2-1-3-8-17/h1-15H,26H2. The Morgan fingerprint density at radius 1 is 0.667 bits per heavy atom. The highest BCUT2D eigenvalue weighted by Gasteiger charge is 2.17. The summed E-state index contributed by atoms with van der Waals surface area (Å²) in [5.74, 6) is 0. The summed E-state index contributed by atoms with van der Waals surface area (Å²) in [5.41, 5.74) is 12.6. The van der Waals surface area contributed by atoms with E-state index in [0.29, 0.717) is 0 Å². The first kappa shape index (κ1) is 16.0. The molecule has 1 aromatic heterocycles. The van der Waals surface area contributed by atoms with Gasteiger partial charge in [-0.25, -0.2) is 0 Å². The summed E-state index contributed by atoms with van der Waals surface area (Å²) in [5, 5.41) is 3.02. The number of benzene rings is 4. The molecule has 0 aliphatic rings. The zero-order chi connectivity index (χ0) is 18.4. The van der Waals surface area contributed by atoms with Gasteiger partial charge >= 0.3 is 0 Å². The fourth-order valence-electron chi connectivity index (χ4n) is 3.86. The number of nitrogens with two attached hydrogens (primary N) is 1. The molecule has 0 fully saturated rings. The lowest BCUT2D eigenvalue weighted by Gasteiger charge is -2.09. The molecule has 0 aliphatic heterocycles. The third-order valence-electron chi connectivity index (χ3n) is 5.02. The zero-order valence-electron chi connectivity index (χ0n) is 14.6. The first-order valence-corrected chi connectivity index (χ1v) is 9.25. The summed E-state index contributed by atoms with van der Waals surface area (Å²) in [6, 6.07) is 30.8. The Labute approximate surface area is 162 Å². The fraction of sp³-hybridized carbons (Fsp3) is 0. The third kappa shape index (κ3) is 2.49. The maximum absolute atomic E-state index is 6.37. The summed E-state index contributed by atoms with van der Waals surface area (Å²) in [6.07, 6.45) is 0. The van der Waals surface area contributed by atoms with Crippen molar-refractivity contribution in [3.05, 3.63) is 96.0 Å². The largest absolute Gasteiger partial charge is 0.398 e. The number of hydrogen-bond donors (Lipinski definition) is 1. The normalized spacial score (nSPS) is 11.3. The average Bonchev–Trinajstić information content (AvgIpc) is 3.03. The van der Waals surface area contributed by atoms with Crippen molar-refractivity contribution in [2.45, 2.75) is 0 Å². The predicted molar refractivity (Wildman–Crippen MR) is 116 cm³/mol. The molecule has 3 heteroatoms. The van der Waals surface area contributed by atoms with Crippen LogP contribution in [0.4, 0.5) is 5.69 Å². The smallest absolute Gasteiger partial charge is 0.0547 e. The van der Waals surface area contributed by atoms with Gasteiger partial charge in [-0.1, -0.05) is 60.1 Å². The first-order chi connectivity index (χ1) is 13.2. The molecular formula is C24H17ClN2. The Bertz CT molecular complexity index is 1290. The summed E-state index contributed by atoms with van der Waals surface area (Å²) < 4.78 is 2.28. The molecule has 1 heterocycles. The molecule has 0 bridgehead atoms. The second-order valence-corrected chi connectivity index (χ2v) is 7.06. The van der Waals surface area contributed by atoms with Gasteiger partial charge in [-0.15, -0.1) is 0 Å². The molecule has 0 saturated heterocycles. The third-order valence-corrected chi connectivity index (χ3v) is 5.25. The number of fused-ring (bicyclic) bond motifs is 3. The minimum atomic E-state index is 0.727. The Kier molecular flexibility index (Phi) is 3.66. The van der Waals surface area contributed by atoms with E-state index in [4.69, 9.17) is 17.3 Å². The molecule has 0 unspecified atom stereocenters. The van der Waals surface area contributed by atoms with Crippen molar-refractivity contribution in [1.29, 1.82) is 0 Å². The molecule has 0 amide bonds. The number of aromatic nitrogens is 1. The van der Waals surface area contributed by atoms with E-state index in [9.17, 15) is 0 Å². The molecule has 0 spiro atoms. The summed E-state index contributed by atoms with van der Waals surface area (Å²) in [7, 11) is 0. The van der Waals surface area contributed by atoms with Gasteiger partial charge in [0.1, 0.15) is 0 Å². The van der Waals surface area contributed by atoms with Gasteiger partial charge in [0.25, 0.3) is 0 Å². The first-order valence-electron chi connectivity index (χ1n) is 8.87. The van der Waals surface area contributed by atoms with Crippen LogP contribution in [0, 0.1) is 0 Å². The minimum absolute atomic E-state index is 0.727. The molecule has 0 atom stereocenters. The van der Waals surface area contributed by atoms with Crippen molar-refractivity contribution in [2.75, 3.05) is 5.73 Å². The molecule has 2 N–H and O–H groups in total. The van der Waals surface area contributed by atoms with Crippen LogP contribution in [0.5, 0.6) is 0 Å². The van der Waals surface area contributed by atoms with Gasteiger partial charge in [-0.2, -0.15) is 0 Å². The van der Waals surface area contributed by atoms with E-state index < -0.39 is 0 Å². The van der Waals surface area contributed by atoms with Crippen molar-refractivity contribution in [1.82, 2.24) is 4.57 Å². The van der Waals surface area contributed by atoms with Crippen LogP contribution in [-0.4, -0.2) is 4.57 Å². The van der Waals surface area contributed by atoms with Crippen molar-refractivity contribution >= 4 is 39.1 Å². The lowest BCUT2D eigenvalue weighted by Crippen LogP contribution is -1.93. The molecule has 130 valence electrons. The number of hydrogen-bond acceptors (Lipinski definition) is 1. The highest BCUT2D eigenvalue weighted by molar-refractivity contribution is 6.32. The number of rotatable bonds is 2. The fourth-order valence-corrected chi connectivity index (χ4v) is 4.04. The topological polar surface area (TPSA) is 30.9 Å². The van der Waals surface area contributed by atoms with Crippen molar-refractivity contribution in [3.8, 4) is 16.8 Å². The van der Waals surface area contributed by atoms with Crippen LogP contribution >= 0.6 is 11.6 Å². The monoisotopic (exact) mass is 368 g/mol. The Balaban J connectivity index is 1.98. The summed E-state index contributed by atoms with van der Waals surface area (Å²) >= 11 is 6.37. The van der Waals surface area contributed by atoms with Gasteiger partial charge < -0.3 is 10.3 Å². The van der Waals surface area contributed by atoms with E-state index in [-0.39, 0.29) is 0 Å². The highest BCUT2D eigenvalue weighted by Crippen LogP contribution is 2.40. The van der Waals surface area contributed by atoms with Crippen LogP contribution < -0.4 is 5.73 Å². The van der Waals surface area contributed by atoms with E-state index in [1.54, 1.807) is 0 Å².